The van der Waals surface area contributed by atoms with Crippen LogP contribution in [-0.4, -0.2) is 74.0 Å². The van der Waals surface area contributed by atoms with Gasteiger partial charge < -0.3 is 15.1 Å². The highest BCUT2D eigenvalue weighted by molar-refractivity contribution is 7.91. The van der Waals surface area contributed by atoms with E-state index in [1.54, 1.807) is 4.90 Å². The molecule has 3 aliphatic heterocycles. The monoisotopic (exact) mass is 273 g/mol. The third-order valence-corrected chi connectivity index (χ3v) is 5.83. The van der Waals surface area contributed by atoms with Crippen molar-refractivity contribution in [3.05, 3.63) is 0 Å². The first-order valence-corrected chi connectivity index (χ1v) is 8.37. The summed E-state index contributed by atoms with van der Waals surface area (Å²) in [4.78, 5) is 16.0. The molecular formula is C11H19N3O3S. The molecule has 2 bridgehead atoms. The molecule has 0 aromatic heterocycles. The van der Waals surface area contributed by atoms with Gasteiger partial charge in [-0.3, -0.25) is 0 Å². The van der Waals surface area contributed by atoms with Crippen LogP contribution in [0.4, 0.5) is 4.79 Å². The lowest BCUT2D eigenvalue weighted by Gasteiger charge is -2.37. The average Bonchev–Trinajstić information content (AvgIpc) is 2.71. The van der Waals surface area contributed by atoms with Gasteiger partial charge in [0, 0.05) is 38.3 Å². The van der Waals surface area contributed by atoms with Crippen LogP contribution in [0.5, 0.6) is 0 Å². The van der Waals surface area contributed by atoms with E-state index in [-0.39, 0.29) is 17.5 Å². The molecule has 3 saturated heterocycles. The SMILES string of the molecule is O=C(N1CCS(=O)(=O)CC1)N1CCC2CC1CN2. The van der Waals surface area contributed by atoms with E-state index in [0.29, 0.717) is 25.2 Å². The lowest BCUT2D eigenvalue weighted by molar-refractivity contribution is 0.129. The van der Waals surface area contributed by atoms with Gasteiger partial charge in [-0.1, -0.05) is 0 Å². The molecule has 2 amide bonds. The maximum absolute atomic E-state index is 12.4. The summed E-state index contributed by atoms with van der Waals surface area (Å²) in [6, 6.07) is 0.896. The second kappa shape index (κ2) is 4.38. The summed E-state index contributed by atoms with van der Waals surface area (Å²) in [6.45, 7) is 2.37. The Morgan fingerprint density at radius 1 is 1.17 bits per heavy atom. The van der Waals surface area contributed by atoms with Gasteiger partial charge in [0.2, 0.25) is 0 Å². The molecule has 1 N–H and O–H groups in total. The number of piperidine rings is 1. The second-order valence-corrected chi connectivity index (χ2v) is 7.70. The first kappa shape index (κ1) is 12.2. The number of urea groups is 1. The number of carbonyl (C=O) groups excluding carboxylic acids is 1. The van der Waals surface area contributed by atoms with Crippen LogP contribution < -0.4 is 5.32 Å². The Morgan fingerprint density at radius 3 is 2.61 bits per heavy atom. The number of likely N-dealkylation sites (tertiary alicyclic amines) is 1. The summed E-state index contributed by atoms with van der Waals surface area (Å²) in [5, 5.41) is 3.41. The van der Waals surface area contributed by atoms with Crippen molar-refractivity contribution in [2.24, 2.45) is 0 Å². The minimum atomic E-state index is -2.92. The summed E-state index contributed by atoms with van der Waals surface area (Å²) in [5.74, 6) is 0.218. The third-order valence-electron chi connectivity index (χ3n) is 4.22. The van der Waals surface area contributed by atoms with Crippen LogP contribution >= 0.6 is 0 Å². The topological polar surface area (TPSA) is 69.7 Å². The Morgan fingerprint density at radius 2 is 1.89 bits per heavy atom. The number of sulfone groups is 1. The minimum absolute atomic E-state index is 0.0250. The second-order valence-electron chi connectivity index (χ2n) is 5.40. The molecule has 0 radical (unpaired) electrons. The fraction of sp³-hybridized carbons (Fsp3) is 0.909. The molecule has 102 valence electrons. The Bertz CT molecular complexity index is 436. The molecule has 3 rings (SSSR count). The van der Waals surface area contributed by atoms with Crippen LogP contribution in [0.1, 0.15) is 12.8 Å². The van der Waals surface area contributed by atoms with E-state index in [1.807, 2.05) is 4.90 Å². The van der Waals surface area contributed by atoms with Crippen molar-refractivity contribution in [3.63, 3.8) is 0 Å². The van der Waals surface area contributed by atoms with Crippen molar-refractivity contribution in [3.8, 4) is 0 Å². The average molecular weight is 273 g/mol. The van der Waals surface area contributed by atoms with Gasteiger partial charge in [0.15, 0.2) is 9.84 Å². The molecule has 18 heavy (non-hydrogen) atoms. The maximum atomic E-state index is 12.4. The molecule has 6 nitrogen and oxygen atoms in total. The Balaban J connectivity index is 1.64. The molecule has 0 saturated carbocycles. The summed E-state index contributed by atoms with van der Waals surface area (Å²) in [7, 11) is -2.92. The van der Waals surface area contributed by atoms with E-state index in [0.717, 1.165) is 25.9 Å². The molecule has 0 aromatic rings. The van der Waals surface area contributed by atoms with Crippen molar-refractivity contribution < 1.29 is 13.2 Å². The van der Waals surface area contributed by atoms with Crippen molar-refractivity contribution in [2.75, 3.05) is 37.7 Å². The Hall–Kier alpha value is -0.820. The fourth-order valence-electron chi connectivity index (χ4n) is 3.07. The van der Waals surface area contributed by atoms with Gasteiger partial charge in [0.1, 0.15) is 0 Å². The summed E-state index contributed by atoms with van der Waals surface area (Å²) >= 11 is 0. The summed E-state index contributed by atoms with van der Waals surface area (Å²) in [5.41, 5.74) is 0. The number of hydrogen-bond donors (Lipinski definition) is 1. The normalized spacial score (nSPS) is 34.7. The van der Waals surface area contributed by atoms with E-state index < -0.39 is 9.84 Å². The first-order valence-electron chi connectivity index (χ1n) is 6.54. The van der Waals surface area contributed by atoms with Crippen molar-refractivity contribution in [1.82, 2.24) is 15.1 Å². The zero-order valence-electron chi connectivity index (χ0n) is 10.3. The van der Waals surface area contributed by atoms with Gasteiger partial charge in [0.25, 0.3) is 0 Å². The molecule has 0 spiro atoms. The van der Waals surface area contributed by atoms with Gasteiger partial charge in [0.05, 0.1) is 11.5 Å². The van der Waals surface area contributed by atoms with Gasteiger partial charge in [-0.25, -0.2) is 13.2 Å². The first-order chi connectivity index (χ1) is 8.55. The van der Waals surface area contributed by atoms with Gasteiger partial charge in [-0.15, -0.1) is 0 Å². The van der Waals surface area contributed by atoms with Gasteiger partial charge in [-0.2, -0.15) is 0 Å². The highest BCUT2D eigenvalue weighted by Crippen LogP contribution is 2.24. The third kappa shape index (κ3) is 2.21. The van der Waals surface area contributed by atoms with E-state index in [4.69, 9.17) is 0 Å². The van der Waals surface area contributed by atoms with Crippen molar-refractivity contribution >= 4 is 15.9 Å². The number of amides is 2. The predicted molar refractivity (Wildman–Crippen MR) is 67.1 cm³/mol. The zero-order chi connectivity index (χ0) is 12.8. The van der Waals surface area contributed by atoms with E-state index in [2.05, 4.69) is 5.32 Å². The van der Waals surface area contributed by atoms with Crippen LogP contribution in [-0.2, 0) is 9.84 Å². The minimum Gasteiger partial charge on any atom is -0.323 e. The van der Waals surface area contributed by atoms with Gasteiger partial charge >= 0.3 is 6.03 Å². The van der Waals surface area contributed by atoms with Crippen LogP contribution in [0.25, 0.3) is 0 Å². The number of nitrogens with zero attached hydrogens (tertiary/aromatic N) is 2. The molecule has 3 fully saturated rings. The quantitative estimate of drug-likeness (QED) is 0.632. The summed E-state index contributed by atoms with van der Waals surface area (Å²) < 4.78 is 22.7. The predicted octanol–water partition coefficient (Wildman–Crippen LogP) is -0.727. The number of rotatable bonds is 0. The maximum Gasteiger partial charge on any atom is 0.320 e. The largest absolute Gasteiger partial charge is 0.323 e. The number of nitrogens with one attached hydrogen (secondary N) is 1. The number of hydrogen-bond acceptors (Lipinski definition) is 4. The van der Waals surface area contributed by atoms with Gasteiger partial charge in [-0.05, 0) is 12.8 Å². The highest BCUT2D eigenvalue weighted by atomic mass is 32.2. The molecule has 0 aliphatic carbocycles. The standard InChI is InChI=1S/C11H19N3O3S/c15-11(13-3-5-18(16,17)6-4-13)14-2-1-9-7-10(14)8-12-9/h9-10,12H,1-8H2. The highest BCUT2D eigenvalue weighted by Gasteiger charge is 2.38. The molecule has 3 heterocycles. The smallest absolute Gasteiger partial charge is 0.320 e. The van der Waals surface area contributed by atoms with Crippen LogP contribution in [0.3, 0.4) is 0 Å². The van der Waals surface area contributed by atoms with Crippen molar-refractivity contribution in [2.45, 2.75) is 24.9 Å². The molecule has 0 aromatic carbocycles. The molecule has 2 unspecified atom stereocenters. The van der Waals surface area contributed by atoms with Crippen molar-refractivity contribution in [1.29, 1.82) is 0 Å². The van der Waals surface area contributed by atoms with E-state index in [9.17, 15) is 13.2 Å². The molecule has 3 aliphatic rings. The zero-order valence-corrected chi connectivity index (χ0v) is 11.2. The van der Waals surface area contributed by atoms with E-state index in [1.165, 1.54) is 0 Å². The molecular weight excluding hydrogens is 254 g/mol. The lowest BCUT2D eigenvalue weighted by atomic mass is 10.0. The number of carbonyl (C=O) groups is 1. The Labute approximate surface area is 107 Å². The Kier molecular flexibility index (Phi) is 2.97. The molecule has 2 atom stereocenters. The fourth-order valence-corrected chi connectivity index (χ4v) is 4.27. The summed E-state index contributed by atoms with van der Waals surface area (Å²) in [6.07, 6.45) is 2.05. The van der Waals surface area contributed by atoms with Crippen LogP contribution in [0.2, 0.25) is 0 Å². The lowest BCUT2D eigenvalue weighted by Crippen LogP contribution is -2.54. The van der Waals surface area contributed by atoms with Crippen LogP contribution in [0.15, 0.2) is 0 Å². The van der Waals surface area contributed by atoms with Crippen LogP contribution in [0, 0.1) is 0 Å². The number of fused-ring (bicyclic) bond motifs is 2. The molecule has 7 heteroatoms. The van der Waals surface area contributed by atoms with E-state index >= 15 is 0 Å².